The maximum absolute atomic E-state index is 12.3. The number of amides is 1. The van der Waals surface area contributed by atoms with E-state index in [1.54, 1.807) is 35.4 Å². The molecule has 2 N–H and O–H groups in total. The molecule has 0 spiro atoms. The second kappa shape index (κ2) is 5.75. The molecule has 100 valence electrons. The number of hydrogen-bond acceptors (Lipinski definition) is 3. The van der Waals surface area contributed by atoms with E-state index in [9.17, 15) is 4.79 Å². The van der Waals surface area contributed by atoms with Gasteiger partial charge in [0.15, 0.2) is 0 Å². The third kappa shape index (κ3) is 3.16. The predicted octanol–water partition coefficient (Wildman–Crippen LogP) is 3.67. The Hall–Kier alpha value is -1.33. The Morgan fingerprint density at radius 2 is 2.16 bits per heavy atom. The minimum absolute atomic E-state index is 0.0576. The maximum atomic E-state index is 12.3. The molecule has 0 unspecified atom stereocenters. The molecule has 0 atom stereocenters. The second-order valence-corrected chi connectivity index (χ2v) is 6.34. The van der Waals surface area contributed by atoms with Gasteiger partial charge in [0.1, 0.15) is 0 Å². The lowest BCUT2D eigenvalue weighted by molar-refractivity contribution is 0.0787. The molecule has 2 rings (SSSR count). The van der Waals surface area contributed by atoms with E-state index in [1.807, 2.05) is 11.4 Å². The molecule has 5 heteroatoms. The van der Waals surface area contributed by atoms with Crippen LogP contribution in [0.1, 0.15) is 20.8 Å². The van der Waals surface area contributed by atoms with Crippen molar-refractivity contribution in [2.24, 2.45) is 0 Å². The number of carbonyl (C=O) groups excluding carboxylic acids is 1. The van der Waals surface area contributed by atoms with Gasteiger partial charge in [-0.1, -0.05) is 15.9 Å². The molecule has 0 radical (unpaired) electrons. The standard InChI is InChI=1S/C14H15BrN2OS/c1-9-5-6-19-13(9)8-17(2)14(18)11-4-3-10(15)7-12(11)16/h3-7H,8,16H2,1-2H3. The van der Waals surface area contributed by atoms with Crippen LogP contribution in [0, 0.1) is 6.92 Å². The molecular formula is C14H15BrN2OS. The zero-order valence-electron chi connectivity index (χ0n) is 10.8. The molecule has 19 heavy (non-hydrogen) atoms. The molecule has 0 aliphatic carbocycles. The van der Waals surface area contributed by atoms with E-state index in [2.05, 4.69) is 28.9 Å². The number of carbonyl (C=O) groups is 1. The fraction of sp³-hybridized carbons (Fsp3) is 0.214. The third-order valence-corrected chi connectivity index (χ3v) is 4.44. The average molecular weight is 339 g/mol. The normalized spacial score (nSPS) is 10.5. The Morgan fingerprint density at radius 1 is 1.42 bits per heavy atom. The van der Waals surface area contributed by atoms with Crippen LogP contribution in [-0.2, 0) is 6.54 Å². The first-order valence-electron chi connectivity index (χ1n) is 5.82. The summed E-state index contributed by atoms with van der Waals surface area (Å²) in [6.45, 7) is 2.66. The highest BCUT2D eigenvalue weighted by Crippen LogP contribution is 2.22. The SMILES string of the molecule is Cc1ccsc1CN(C)C(=O)c1ccc(Br)cc1N. The van der Waals surface area contributed by atoms with Gasteiger partial charge < -0.3 is 10.6 Å². The summed E-state index contributed by atoms with van der Waals surface area (Å²) in [7, 11) is 1.79. The smallest absolute Gasteiger partial charge is 0.256 e. The first-order chi connectivity index (χ1) is 8.99. The Morgan fingerprint density at radius 3 is 2.74 bits per heavy atom. The van der Waals surface area contributed by atoms with Crippen molar-refractivity contribution in [3.05, 3.63) is 50.1 Å². The number of hydrogen-bond donors (Lipinski definition) is 1. The number of thiophene rings is 1. The molecule has 0 saturated heterocycles. The lowest BCUT2D eigenvalue weighted by Crippen LogP contribution is -2.26. The Bertz CT molecular complexity index is 609. The van der Waals surface area contributed by atoms with Crippen molar-refractivity contribution in [1.29, 1.82) is 0 Å². The molecule has 0 aliphatic rings. The van der Waals surface area contributed by atoms with Crippen molar-refractivity contribution in [1.82, 2.24) is 4.90 Å². The van der Waals surface area contributed by atoms with Gasteiger partial charge in [0, 0.05) is 22.1 Å². The van der Waals surface area contributed by atoms with Crippen molar-refractivity contribution in [2.45, 2.75) is 13.5 Å². The van der Waals surface area contributed by atoms with Crippen molar-refractivity contribution in [3.63, 3.8) is 0 Å². The first kappa shape index (κ1) is 14.1. The Balaban J connectivity index is 2.17. The van der Waals surface area contributed by atoms with Gasteiger partial charge in [-0.15, -0.1) is 11.3 Å². The van der Waals surface area contributed by atoms with Crippen LogP contribution < -0.4 is 5.73 Å². The van der Waals surface area contributed by atoms with E-state index >= 15 is 0 Å². The summed E-state index contributed by atoms with van der Waals surface area (Å²) in [4.78, 5) is 15.2. The average Bonchev–Trinajstić information content (AvgIpc) is 2.74. The number of nitrogen functional groups attached to an aromatic ring is 1. The molecule has 1 aromatic carbocycles. The summed E-state index contributed by atoms with van der Waals surface area (Å²) in [6.07, 6.45) is 0. The number of nitrogens with two attached hydrogens (primary N) is 1. The van der Waals surface area contributed by atoms with E-state index in [4.69, 9.17) is 5.73 Å². The van der Waals surface area contributed by atoms with Crippen molar-refractivity contribution >= 4 is 38.9 Å². The van der Waals surface area contributed by atoms with E-state index in [1.165, 1.54) is 10.4 Å². The molecule has 0 aliphatic heterocycles. The van der Waals surface area contributed by atoms with Crippen LogP contribution in [0.2, 0.25) is 0 Å². The molecule has 3 nitrogen and oxygen atoms in total. The number of aryl methyl sites for hydroxylation is 1. The summed E-state index contributed by atoms with van der Waals surface area (Å²) in [5, 5.41) is 2.04. The van der Waals surface area contributed by atoms with Crippen LogP contribution in [-0.4, -0.2) is 17.9 Å². The fourth-order valence-corrected chi connectivity index (χ4v) is 3.12. The highest BCUT2D eigenvalue weighted by molar-refractivity contribution is 9.10. The first-order valence-corrected chi connectivity index (χ1v) is 7.49. The summed E-state index contributed by atoms with van der Waals surface area (Å²) < 4.78 is 0.873. The van der Waals surface area contributed by atoms with Gasteiger partial charge in [-0.05, 0) is 42.1 Å². The number of nitrogens with zero attached hydrogens (tertiary/aromatic N) is 1. The number of benzene rings is 1. The van der Waals surface area contributed by atoms with Crippen molar-refractivity contribution in [3.8, 4) is 0 Å². The van der Waals surface area contributed by atoms with E-state index in [0.717, 1.165) is 4.47 Å². The minimum atomic E-state index is -0.0576. The zero-order valence-corrected chi connectivity index (χ0v) is 13.2. The lowest BCUT2D eigenvalue weighted by atomic mass is 10.1. The highest BCUT2D eigenvalue weighted by Gasteiger charge is 2.16. The van der Waals surface area contributed by atoms with Gasteiger partial charge >= 0.3 is 0 Å². The molecule has 1 aromatic heterocycles. The lowest BCUT2D eigenvalue weighted by Gasteiger charge is -2.18. The van der Waals surface area contributed by atoms with Crippen LogP contribution in [0.4, 0.5) is 5.69 Å². The van der Waals surface area contributed by atoms with E-state index in [-0.39, 0.29) is 5.91 Å². The molecule has 0 bridgehead atoms. The fourth-order valence-electron chi connectivity index (χ4n) is 1.79. The Labute approximate surface area is 125 Å². The highest BCUT2D eigenvalue weighted by atomic mass is 79.9. The zero-order chi connectivity index (χ0) is 14.0. The van der Waals surface area contributed by atoms with Crippen molar-refractivity contribution < 1.29 is 4.79 Å². The maximum Gasteiger partial charge on any atom is 0.256 e. The number of anilines is 1. The van der Waals surface area contributed by atoms with Crippen molar-refractivity contribution in [2.75, 3.05) is 12.8 Å². The van der Waals surface area contributed by atoms with Gasteiger partial charge in [0.05, 0.1) is 12.1 Å². The largest absolute Gasteiger partial charge is 0.398 e. The summed E-state index contributed by atoms with van der Waals surface area (Å²) in [6, 6.07) is 7.39. The van der Waals surface area contributed by atoms with Crippen LogP contribution in [0.15, 0.2) is 34.1 Å². The third-order valence-electron chi connectivity index (χ3n) is 2.94. The summed E-state index contributed by atoms with van der Waals surface area (Å²) in [5.41, 5.74) is 8.14. The summed E-state index contributed by atoms with van der Waals surface area (Å²) in [5.74, 6) is -0.0576. The predicted molar refractivity (Wildman–Crippen MR) is 83.4 cm³/mol. The topological polar surface area (TPSA) is 46.3 Å². The molecular weight excluding hydrogens is 324 g/mol. The van der Waals surface area contributed by atoms with Crippen LogP contribution >= 0.6 is 27.3 Å². The van der Waals surface area contributed by atoms with Gasteiger partial charge in [0.25, 0.3) is 5.91 Å². The van der Waals surface area contributed by atoms with Gasteiger partial charge in [-0.2, -0.15) is 0 Å². The number of rotatable bonds is 3. The van der Waals surface area contributed by atoms with Crippen LogP contribution in [0.5, 0.6) is 0 Å². The van der Waals surface area contributed by atoms with E-state index in [0.29, 0.717) is 17.8 Å². The van der Waals surface area contributed by atoms with E-state index < -0.39 is 0 Å². The number of halogens is 1. The monoisotopic (exact) mass is 338 g/mol. The second-order valence-electron chi connectivity index (χ2n) is 4.42. The minimum Gasteiger partial charge on any atom is -0.398 e. The Kier molecular flexibility index (Phi) is 4.27. The van der Waals surface area contributed by atoms with Crippen LogP contribution in [0.3, 0.4) is 0 Å². The van der Waals surface area contributed by atoms with Gasteiger partial charge in [-0.25, -0.2) is 0 Å². The molecule has 1 heterocycles. The molecule has 0 fully saturated rings. The molecule has 2 aromatic rings. The van der Waals surface area contributed by atoms with Gasteiger partial charge in [0.2, 0.25) is 0 Å². The summed E-state index contributed by atoms with van der Waals surface area (Å²) >= 11 is 5.00. The molecule has 0 saturated carbocycles. The molecule has 1 amide bonds. The van der Waals surface area contributed by atoms with Crippen LogP contribution in [0.25, 0.3) is 0 Å². The quantitative estimate of drug-likeness (QED) is 0.868. The van der Waals surface area contributed by atoms with Gasteiger partial charge in [-0.3, -0.25) is 4.79 Å².